The molecule has 8 nitrogen and oxygen atoms in total. The molecule has 0 saturated heterocycles. The monoisotopic (exact) mass is 458 g/mol. The number of thiazole rings is 1. The molecule has 0 bridgehead atoms. The average molecular weight is 459 g/mol. The molecule has 1 aromatic carbocycles. The van der Waals surface area contributed by atoms with Gasteiger partial charge in [0, 0.05) is 36.1 Å². The second-order valence-electron chi connectivity index (χ2n) is 6.90. The summed E-state index contributed by atoms with van der Waals surface area (Å²) in [6, 6.07) is 8.89. The quantitative estimate of drug-likeness (QED) is 0.563. The zero-order valence-electron chi connectivity index (χ0n) is 17.1. The number of methoxy groups -OCH3 is 2. The van der Waals surface area contributed by atoms with Gasteiger partial charge in [-0.05, 0) is 23.6 Å². The molecule has 0 radical (unpaired) electrons. The Morgan fingerprint density at radius 3 is 2.74 bits per heavy atom. The fourth-order valence-electron chi connectivity index (χ4n) is 3.32. The van der Waals surface area contributed by atoms with Gasteiger partial charge in [-0.3, -0.25) is 19.8 Å². The summed E-state index contributed by atoms with van der Waals surface area (Å²) in [6.45, 7) is 1.62. The summed E-state index contributed by atoms with van der Waals surface area (Å²) in [5, 5.41) is 8.24. The number of carbonyl (C=O) groups excluding carboxylic acids is 2. The molecule has 1 aliphatic rings. The second kappa shape index (κ2) is 9.46. The van der Waals surface area contributed by atoms with Gasteiger partial charge in [0.15, 0.2) is 16.6 Å². The maximum atomic E-state index is 12.5. The van der Waals surface area contributed by atoms with Gasteiger partial charge in [-0.1, -0.05) is 6.07 Å². The number of rotatable bonds is 7. The number of anilines is 2. The van der Waals surface area contributed by atoms with Gasteiger partial charge in [0.1, 0.15) is 0 Å². The van der Waals surface area contributed by atoms with Crippen LogP contribution in [0.1, 0.15) is 20.2 Å². The molecule has 31 heavy (non-hydrogen) atoms. The summed E-state index contributed by atoms with van der Waals surface area (Å²) in [5.74, 6) is 0.916. The lowest BCUT2D eigenvalue weighted by Gasteiger charge is -2.25. The number of nitrogens with zero attached hydrogens (tertiary/aromatic N) is 2. The molecular weight excluding hydrogens is 436 g/mol. The highest BCUT2D eigenvalue weighted by Crippen LogP contribution is 2.30. The largest absolute Gasteiger partial charge is 0.493 e. The highest BCUT2D eigenvalue weighted by Gasteiger charge is 2.23. The van der Waals surface area contributed by atoms with Gasteiger partial charge in [-0.25, -0.2) is 4.98 Å². The van der Waals surface area contributed by atoms with Crippen molar-refractivity contribution in [1.29, 1.82) is 0 Å². The van der Waals surface area contributed by atoms with Crippen molar-refractivity contribution in [2.24, 2.45) is 0 Å². The highest BCUT2D eigenvalue weighted by molar-refractivity contribution is 7.16. The molecule has 3 heterocycles. The first-order chi connectivity index (χ1) is 15.1. The number of benzene rings is 1. The number of amides is 2. The molecule has 0 unspecified atom stereocenters. The van der Waals surface area contributed by atoms with E-state index in [4.69, 9.17) is 9.47 Å². The van der Waals surface area contributed by atoms with E-state index < -0.39 is 0 Å². The van der Waals surface area contributed by atoms with Crippen LogP contribution in [0.25, 0.3) is 0 Å². The lowest BCUT2D eigenvalue weighted by atomic mass is 10.2. The normalized spacial score (nSPS) is 13.4. The third-order valence-corrected chi connectivity index (χ3v) is 6.68. The molecule has 0 aliphatic carbocycles. The Labute approximate surface area is 187 Å². The van der Waals surface area contributed by atoms with Crippen LogP contribution >= 0.6 is 22.7 Å². The molecule has 4 rings (SSSR count). The van der Waals surface area contributed by atoms with Crippen molar-refractivity contribution >= 4 is 45.3 Å². The lowest BCUT2D eigenvalue weighted by molar-refractivity contribution is -0.117. The topological polar surface area (TPSA) is 92.8 Å². The molecule has 0 saturated carbocycles. The lowest BCUT2D eigenvalue weighted by Crippen LogP contribution is -2.36. The Balaban J connectivity index is 1.34. The minimum Gasteiger partial charge on any atom is -0.493 e. The van der Waals surface area contributed by atoms with E-state index in [1.807, 2.05) is 11.4 Å². The van der Waals surface area contributed by atoms with E-state index in [1.165, 1.54) is 22.7 Å². The van der Waals surface area contributed by atoms with Gasteiger partial charge in [0.2, 0.25) is 5.91 Å². The second-order valence-corrected chi connectivity index (χ2v) is 8.93. The predicted octanol–water partition coefficient (Wildman–Crippen LogP) is 3.47. The highest BCUT2D eigenvalue weighted by atomic mass is 32.1. The number of hydrogen-bond acceptors (Lipinski definition) is 8. The van der Waals surface area contributed by atoms with Gasteiger partial charge in [0.05, 0.1) is 31.3 Å². The molecule has 162 valence electrons. The number of thiophene rings is 1. The van der Waals surface area contributed by atoms with Crippen LogP contribution in [0, 0.1) is 0 Å². The van der Waals surface area contributed by atoms with Crippen molar-refractivity contribution in [3.63, 3.8) is 0 Å². The van der Waals surface area contributed by atoms with Crippen LogP contribution < -0.4 is 20.1 Å². The Bertz CT molecular complexity index is 1080. The molecule has 0 atom stereocenters. The van der Waals surface area contributed by atoms with E-state index >= 15 is 0 Å². The van der Waals surface area contributed by atoms with E-state index in [9.17, 15) is 9.59 Å². The summed E-state index contributed by atoms with van der Waals surface area (Å²) in [6.07, 6.45) is 0.740. The van der Waals surface area contributed by atoms with Crippen molar-refractivity contribution in [3.8, 4) is 11.5 Å². The fraction of sp³-hybridized carbons (Fsp3) is 0.286. The van der Waals surface area contributed by atoms with E-state index in [2.05, 4.69) is 20.5 Å². The van der Waals surface area contributed by atoms with Crippen LogP contribution in [0.5, 0.6) is 11.5 Å². The molecule has 2 aromatic heterocycles. The predicted molar refractivity (Wildman–Crippen MR) is 122 cm³/mol. The Morgan fingerprint density at radius 2 is 2.00 bits per heavy atom. The van der Waals surface area contributed by atoms with Crippen molar-refractivity contribution in [1.82, 2.24) is 9.88 Å². The molecule has 2 N–H and O–H groups in total. The summed E-state index contributed by atoms with van der Waals surface area (Å²) < 4.78 is 10.5. The van der Waals surface area contributed by atoms with Gasteiger partial charge in [-0.2, -0.15) is 0 Å². The fourth-order valence-corrected chi connectivity index (χ4v) is 4.99. The third kappa shape index (κ3) is 5.04. The molecule has 3 aromatic rings. The summed E-state index contributed by atoms with van der Waals surface area (Å²) in [4.78, 5) is 33.1. The maximum absolute atomic E-state index is 12.5. The van der Waals surface area contributed by atoms with E-state index in [0.29, 0.717) is 33.7 Å². The molecular formula is C21H22N4O4S2. The smallest absolute Gasteiger partial charge is 0.267 e. The minimum absolute atomic E-state index is 0.105. The van der Waals surface area contributed by atoms with Crippen LogP contribution in [-0.2, 0) is 17.8 Å². The van der Waals surface area contributed by atoms with E-state index in [0.717, 1.165) is 23.5 Å². The third-order valence-electron chi connectivity index (χ3n) is 4.81. The van der Waals surface area contributed by atoms with Crippen LogP contribution in [0.4, 0.5) is 10.8 Å². The first-order valence-corrected chi connectivity index (χ1v) is 11.3. The zero-order chi connectivity index (χ0) is 21.8. The summed E-state index contributed by atoms with van der Waals surface area (Å²) in [5.41, 5.74) is 1.64. The molecule has 0 fully saturated rings. The molecule has 2 amide bonds. The van der Waals surface area contributed by atoms with Crippen molar-refractivity contribution in [2.75, 3.05) is 37.9 Å². The Morgan fingerprint density at radius 1 is 1.16 bits per heavy atom. The van der Waals surface area contributed by atoms with Crippen molar-refractivity contribution in [2.45, 2.75) is 13.0 Å². The number of fused-ring (bicyclic) bond motifs is 1. The SMILES string of the molecule is COc1ccc(NC(=O)CN2CCc3nc(NC(=O)c4cccs4)sc3C2)cc1OC. The number of nitrogens with one attached hydrogen (secondary N) is 2. The Kier molecular flexibility index (Phi) is 6.50. The molecule has 1 aliphatic heterocycles. The standard InChI is InChI=1S/C21H22N4O4S2/c1-28-15-6-5-13(10-16(15)29-2)22-19(26)12-25-8-7-14-18(11-25)31-21(23-14)24-20(27)17-4-3-9-30-17/h3-6,9-10H,7-8,11-12H2,1-2H3,(H,22,26)(H,23,24,27). The first kappa shape index (κ1) is 21.3. The first-order valence-electron chi connectivity index (χ1n) is 9.63. The average Bonchev–Trinajstić information content (AvgIpc) is 3.43. The van der Waals surface area contributed by atoms with Crippen LogP contribution in [0.2, 0.25) is 0 Å². The summed E-state index contributed by atoms with van der Waals surface area (Å²) >= 11 is 2.86. The summed E-state index contributed by atoms with van der Waals surface area (Å²) in [7, 11) is 3.13. The van der Waals surface area contributed by atoms with E-state index in [-0.39, 0.29) is 18.4 Å². The van der Waals surface area contributed by atoms with Gasteiger partial charge in [-0.15, -0.1) is 22.7 Å². The maximum Gasteiger partial charge on any atom is 0.267 e. The molecule has 10 heteroatoms. The van der Waals surface area contributed by atoms with Gasteiger partial charge >= 0.3 is 0 Å². The minimum atomic E-state index is -0.146. The molecule has 0 spiro atoms. The van der Waals surface area contributed by atoms with Gasteiger partial charge < -0.3 is 14.8 Å². The van der Waals surface area contributed by atoms with E-state index in [1.54, 1.807) is 38.5 Å². The number of hydrogen-bond donors (Lipinski definition) is 2. The number of ether oxygens (including phenoxy) is 2. The van der Waals surface area contributed by atoms with Gasteiger partial charge in [0.25, 0.3) is 5.91 Å². The van der Waals surface area contributed by atoms with Crippen LogP contribution in [0.15, 0.2) is 35.7 Å². The van der Waals surface area contributed by atoms with Crippen LogP contribution in [-0.4, -0.2) is 49.0 Å². The number of aromatic nitrogens is 1. The Hall–Kier alpha value is -2.95. The van der Waals surface area contributed by atoms with Crippen LogP contribution in [0.3, 0.4) is 0 Å². The van der Waals surface area contributed by atoms with Crippen molar-refractivity contribution < 1.29 is 19.1 Å². The van der Waals surface area contributed by atoms with Crippen molar-refractivity contribution in [3.05, 3.63) is 51.2 Å². The number of carbonyl (C=O) groups is 2. The zero-order valence-corrected chi connectivity index (χ0v) is 18.8.